The van der Waals surface area contributed by atoms with Gasteiger partial charge < -0.3 is 4.74 Å². The smallest absolute Gasteiger partial charge is 0.265 e. The molecule has 6 nitrogen and oxygen atoms in total. The van der Waals surface area contributed by atoms with E-state index in [0.29, 0.717) is 42.5 Å². The fourth-order valence-corrected chi connectivity index (χ4v) is 3.84. The van der Waals surface area contributed by atoms with E-state index in [1.54, 1.807) is 13.0 Å². The van der Waals surface area contributed by atoms with Gasteiger partial charge in [-0.2, -0.15) is 8.42 Å². The molecular weight excluding hydrogens is 377 g/mol. The molecule has 1 aromatic carbocycles. The molecule has 0 saturated carbocycles. The molecule has 0 spiro atoms. The number of carbonyl (C=O) groups excluding carboxylic acids is 1. The van der Waals surface area contributed by atoms with Gasteiger partial charge in [-0.05, 0) is 24.6 Å². The van der Waals surface area contributed by atoms with Crippen molar-refractivity contribution < 1.29 is 22.5 Å². The molecule has 0 amide bonds. The largest absolute Gasteiger partial charge is 0.379 e. The molecule has 1 fully saturated rings. The second-order valence-corrected chi connectivity index (χ2v) is 8.12. The number of Topliss-reactive ketones (excluding diaryl/α,β-unsaturated/α-hetero) is 1. The molecule has 1 atom stereocenters. The molecule has 1 aromatic rings. The number of ether oxygens (including phenoxy) is 1. The number of hydrogen-bond acceptors (Lipinski definition) is 5. The molecular formula is C15H19Cl2NO5S. The van der Waals surface area contributed by atoms with E-state index in [4.69, 9.17) is 27.9 Å². The number of halogens is 2. The molecule has 1 aliphatic heterocycles. The summed E-state index contributed by atoms with van der Waals surface area (Å²) in [4.78, 5) is 14.8. The lowest BCUT2D eigenvalue weighted by Crippen LogP contribution is -2.43. The van der Waals surface area contributed by atoms with Crippen LogP contribution in [-0.2, 0) is 14.9 Å². The number of carbonyl (C=O) groups is 1. The van der Waals surface area contributed by atoms with Gasteiger partial charge in [-0.25, -0.2) is 0 Å². The highest BCUT2D eigenvalue weighted by Gasteiger charge is 2.29. The molecule has 9 heteroatoms. The minimum atomic E-state index is -4.30. The monoisotopic (exact) mass is 395 g/mol. The fourth-order valence-electron chi connectivity index (χ4n) is 2.69. The third-order valence-electron chi connectivity index (χ3n) is 3.90. The Balaban J connectivity index is 2.28. The van der Waals surface area contributed by atoms with Crippen molar-refractivity contribution in [3.63, 3.8) is 0 Å². The van der Waals surface area contributed by atoms with Gasteiger partial charge in [-0.15, -0.1) is 0 Å². The quantitative estimate of drug-likeness (QED) is 0.587. The molecule has 2 rings (SSSR count). The molecule has 1 unspecified atom stereocenters. The van der Waals surface area contributed by atoms with Crippen molar-refractivity contribution >= 4 is 39.1 Å². The Hall–Kier alpha value is -0.700. The van der Waals surface area contributed by atoms with E-state index in [1.807, 2.05) is 4.90 Å². The van der Waals surface area contributed by atoms with E-state index in [2.05, 4.69) is 0 Å². The lowest BCUT2D eigenvalue weighted by Gasteiger charge is -2.29. The summed E-state index contributed by atoms with van der Waals surface area (Å²) in [6, 6.07) is 3.01. The minimum absolute atomic E-state index is 0.224. The van der Waals surface area contributed by atoms with E-state index in [0.717, 1.165) is 0 Å². The zero-order valence-corrected chi connectivity index (χ0v) is 15.5. The highest BCUT2D eigenvalue weighted by molar-refractivity contribution is 7.85. The second-order valence-electron chi connectivity index (χ2n) is 5.80. The van der Waals surface area contributed by atoms with Crippen molar-refractivity contribution in [3.8, 4) is 0 Å². The van der Waals surface area contributed by atoms with Crippen LogP contribution < -0.4 is 0 Å². The number of benzene rings is 1. The fraction of sp³-hybridized carbons (Fsp3) is 0.533. The number of aryl methyl sites for hydroxylation is 1. The van der Waals surface area contributed by atoms with Crippen LogP contribution in [0.1, 0.15) is 15.9 Å². The van der Waals surface area contributed by atoms with Crippen LogP contribution >= 0.6 is 23.2 Å². The molecule has 24 heavy (non-hydrogen) atoms. The van der Waals surface area contributed by atoms with E-state index in [-0.39, 0.29) is 17.4 Å². The van der Waals surface area contributed by atoms with Gasteiger partial charge in [-0.1, -0.05) is 23.2 Å². The van der Waals surface area contributed by atoms with Crippen molar-refractivity contribution in [1.82, 2.24) is 4.90 Å². The number of rotatable bonds is 6. The summed E-state index contributed by atoms with van der Waals surface area (Å²) >= 11 is 11.9. The third-order valence-corrected chi connectivity index (χ3v) is 5.44. The highest BCUT2D eigenvalue weighted by atomic mass is 35.5. The summed E-state index contributed by atoms with van der Waals surface area (Å²) in [6.45, 7) is 4.19. The van der Waals surface area contributed by atoms with Gasteiger partial charge in [0.15, 0.2) is 5.78 Å². The summed E-state index contributed by atoms with van der Waals surface area (Å²) < 4.78 is 37.1. The first-order valence-corrected chi connectivity index (χ1v) is 9.79. The van der Waals surface area contributed by atoms with E-state index >= 15 is 0 Å². The number of ketones is 1. The van der Waals surface area contributed by atoms with Crippen molar-refractivity contribution in [2.45, 2.75) is 6.92 Å². The van der Waals surface area contributed by atoms with Gasteiger partial charge in [0.05, 0.1) is 34.9 Å². The standard InChI is InChI=1S/C15H19Cl2NO5S/c1-10-6-13(16)14(17)7-12(10)15(19)11(9-24(20,21)22)8-18-2-4-23-5-3-18/h6-7,11H,2-5,8-9H2,1H3,(H,20,21,22). The Morgan fingerprint density at radius 2 is 1.88 bits per heavy atom. The van der Waals surface area contributed by atoms with Gasteiger partial charge in [0, 0.05) is 25.2 Å². The van der Waals surface area contributed by atoms with Crippen LogP contribution in [-0.4, -0.2) is 62.3 Å². The van der Waals surface area contributed by atoms with Crippen molar-refractivity contribution in [2.75, 3.05) is 38.6 Å². The topological polar surface area (TPSA) is 83.9 Å². The maximum Gasteiger partial charge on any atom is 0.265 e. The molecule has 0 aliphatic carbocycles. The third kappa shape index (κ3) is 5.40. The molecule has 1 aliphatic rings. The van der Waals surface area contributed by atoms with E-state index < -0.39 is 21.8 Å². The summed E-state index contributed by atoms with van der Waals surface area (Å²) in [5, 5.41) is 0.549. The van der Waals surface area contributed by atoms with Gasteiger partial charge in [-0.3, -0.25) is 14.2 Å². The summed E-state index contributed by atoms with van der Waals surface area (Å²) in [7, 11) is -4.30. The van der Waals surface area contributed by atoms with Gasteiger partial charge in [0.25, 0.3) is 10.1 Å². The van der Waals surface area contributed by atoms with Crippen LogP contribution in [0.15, 0.2) is 12.1 Å². The van der Waals surface area contributed by atoms with Crippen LogP contribution in [0.3, 0.4) is 0 Å². The Morgan fingerprint density at radius 1 is 1.29 bits per heavy atom. The average molecular weight is 396 g/mol. The van der Waals surface area contributed by atoms with Crippen LogP contribution in [0.4, 0.5) is 0 Å². The Morgan fingerprint density at radius 3 is 2.46 bits per heavy atom. The molecule has 1 saturated heterocycles. The van der Waals surface area contributed by atoms with Gasteiger partial charge in [0.2, 0.25) is 0 Å². The maximum absolute atomic E-state index is 12.8. The highest BCUT2D eigenvalue weighted by Crippen LogP contribution is 2.27. The predicted molar refractivity (Wildman–Crippen MR) is 92.7 cm³/mol. The lowest BCUT2D eigenvalue weighted by atomic mass is 9.95. The normalized spacial score (nSPS) is 17.7. The summed E-state index contributed by atoms with van der Waals surface area (Å²) in [6.07, 6.45) is 0. The lowest BCUT2D eigenvalue weighted by molar-refractivity contribution is 0.0314. The second kappa shape index (κ2) is 8.12. The molecule has 1 N–H and O–H groups in total. The van der Waals surface area contributed by atoms with Gasteiger partial charge in [0.1, 0.15) is 0 Å². The maximum atomic E-state index is 12.8. The molecule has 0 bridgehead atoms. The average Bonchev–Trinajstić information content (AvgIpc) is 2.49. The van der Waals surface area contributed by atoms with Crippen molar-refractivity contribution in [1.29, 1.82) is 0 Å². The van der Waals surface area contributed by atoms with Crippen LogP contribution in [0, 0.1) is 12.8 Å². The van der Waals surface area contributed by atoms with E-state index in [9.17, 15) is 17.8 Å². The molecule has 0 aromatic heterocycles. The molecule has 134 valence electrons. The molecule has 1 heterocycles. The zero-order valence-electron chi connectivity index (χ0n) is 13.2. The zero-order chi connectivity index (χ0) is 17.9. The first-order valence-electron chi connectivity index (χ1n) is 7.42. The first-order chi connectivity index (χ1) is 11.2. The van der Waals surface area contributed by atoms with Crippen LogP contribution in [0.5, 0.6) is 0 Å². The van der Waals surface area contributed by atoms with E-state index in [1.165, 1.54) is 6.07 Å². The molecule has 0 radical (unpaired) electrons. The van der Waals surface area contributed by atoms with Crippen LogP contribution in [0.2, 0.25) is 10.0 Å². The predicted octanol–water partition coefficient (Wildman–Crippen LogP) is 2.32. The van der Waals surface area contributed by atoms with Crippen LogP contribution in [0.25, 0.3) is 0 Å². The number of morpholine rings is 1. The Kier molecular flexibility index (Phi) is 6.64. The number of nitrogens with zero attached hydrogens (tertiary/aromatic N) is 1. The SMILES string of the molecule is Cc1cc(Cl)c(Cl)cc1C(=O)C(CN1CCOCC1)CS(=O)(=O)O. The minimum Gasteiger partial charge on any atom is -0.379 e. The Bertz CT molecular complexity index is 717. The number of hydrogen-bond donors (Lipinski definition) is 1. The summed E-state index contributed by atoms with van der Waals surface area (Å²) in [5.41, 5.74) is 0.919. The Labute approximate surface area is 151 Å². The van der Waals surface area contributed by atoms with Gasteiger partial charge >= 0.3 is 0 Å². The van der Waals surface area contributed by atoms with Crippen molar-refractivity contribution in [2.24, 2.45) is 5.92 Å². The van der Waals surface area contributed by atoms with Crippen molar-refractivity contribution in [3.05, 3.63) is 33.3 Å². The summed E-state index contributed by atoms with van der Waals surface area (Å²) in [5.74, 6) is -1.91. The first kappa shape index (κ1) is 19.6.